The van der Waals surface area contributed by atoms with Crippen LogP contribution in [-0.2, 0) is 13.0 Å². The number of oxazole rings is 1. The number of imidazole rings is 1. The van der Waals surface area contributed by atoms with E-state index in [2.05, 4.69) is 46.9 Å². The monoisotopic (exact) mass is 514 g/mol. The van der Waals surface area contributed by atoms with Crippen molar-refractivity contribution in [3.8, 4) is 17.3 Å². The molecule has 1 fully saturated rings. The van der Waals surface area contributed by atoms with Gasteiger partial charge in [-0.2, -0.15) is 0 Å². The molecule has 2 aromatic heterocycles. The van der Waals surface area contributed by atoms with Crippen LogP contribution in [0.2, 0.25) is 5.02 Å². The number of benzene rings is 2. The van der Waals surface area contributed by atoms with Crippen LogP contribution >= 0.6 is 24.0 Å². The lowest BCUT2D eigenvalue weighted by Crippen LogP contribution is -2.29. The van der Waals surface area contributed by atoms with Gasteiger partial charge in [-0.05, 0) is 67.7 Å². The summed E-state index contributed by atoms with van der Waals surface area (Å²) < 4.78 is 11.8. The summed E-state index contributed by atoms with van der Waals surface area (Å²) in [6, 6.07) is 12.1. The number of ether oxygens (including phenoxy) is 1. The number of rotatable bonds is 8. The quantitative estimate of drug-likeness (QED) is 0.276. The zero-order chi connectivity index (χ0) is 23.5. The molecule has 1 aliphatic heterocycles. The van der Waals surface area contributed by atoms with Crippen LogP contribution in [0.1, 0.15) is 50.1 Å². The van der Waals surface area contributed by atoms with E-state index in [9.17, 15) is 0 Å². The van der Waals surface area contributed by atoms with E-state index >= 15 is 0 Å². The minimum Gasteiger partial charge on any atom is -0.493 e. The van der Waals surface area contributed by atoms with Gasteiger partial charge in [-0.3, -0.25) is 4.90 Å². The molecule has 35 heavy (non-hydrogen) atoms. The number of hydrogen-bond acceptors (Lipinski definition) is 5. The van der Waals surface area contributed by atoms with E-state index in [1.807, 2.05) is 18.2 Å². The summed E-state index contributed by atoms with van der Waals surface area (Å²) >= 11 is 6.24. The highest BCUT2D eigenvalue weighted by atomic mass is 35.5. The Labute approximate surface area is 217 Å². The topological polar surface area (TPSA) is 67.2 Å². The number of nitrogens with zero attached hydrogens (tertiary/aromatic N) is 3. The first-order valence-electron chi connectivity index (χ1n) is 12.1. The third kappa shape index (κ3) is 6.37. The van der Waals surface area contributed by atoms with Gasteiger partial charge < -0.3 is 14.1 Å². The summed E-state index contributed by atoms with van der Waals surface area (Å²) in [7, 11) is 0. The maximum absolute atomic E-state index is 6.24. The summed E-state index contributed by atoms with van der Waals surface area (Å²) in [4.78, 5) is 15.4. The van der Waals surface area contributed by atoms with Crippen molar-refractivity contribution in [3.63, 3.8) is 0 Å². The Morgan fingerprint density at radius 1 is 1.09 bits per heavy atom. The first-order chi connectivity index (χ1) is 16.5. The second-order valence-corrected chi connectivity index (χ2v) is 9.97. The lowest BCUT2D eigenvalue weighted by molar-refractivity contribution is 0.221. The van der Waals surface area contributed by atoms with Crippen molar-refractivity contribution in [1.29, 1.82) is 0 Å². The molecule has 0 atom stereocenters. The van der Waals surface area contributed by atoms with E-state index in [0.717, 1.165) is 28.9 Å². The molecular weight excluding hydrogens is 483 g/mol. The average Bonchev–Trinajstić information content (AvgIpc) is 3.46. The van der Waals surface area contributed by atoms with Gasteiger partial charge >= 0.3 is 0 Å². The lowest BCUT2D eigenvalue weighted by atomic mass is 10.1. The molecule has 0 bridgehead atoms. The summed E-state index contributed by atoms with van der Waals surface area (Å²) in [5.74, 6) is 2.55. The molecule has 3 heterocycles. The van der Waals surface area contributed by atoms with E-state index < -0.39 is 0 Å². The van der Waals surface area contributed by atoms with Crippen molar-refractivity contribution in [3.05, 3.63) is 64.7 Å². The number of nitrogens with one attached hydrogen (secondary N) is 1. The van der Waals surface area contributed by atoms with Crippen LogP contribution in [0.25, 0.3) is 22.6 Å². The van der Waals surface area contributed by atoms with E-state index in [0.29, 0.717) is 41.4 Å². The molecule has 0 radical (unpaired) electrons. The summed E-state index contributed by atoms with van der Waals surface area (Å²) in [6.45, 7) is 8.25. The summed E-state index contributed by atoms with van der Waals surface area (Å²) in [5.41, 5.74) is 4.90. The van der Waals surface area contributed by atoms with Crippen LogP contribution in [-0.4, -0.2) is 39.5 Å². The molecule has 1 N–H and O–H groups in total. The molecule has 1 saturated heterocycles. The number of aromatic nitrogens is 3. The zero-order valence-corrected chi connectivity index (χ0v) is 21.8. The van der Waals surface area contributed by atoms with Crippen LogP contribution in [0.15, 0.2) is 47.1 Å². The minimum atomic E-state index is 0. The molecule has 0 saturated carbocycles. The van der Waals surface area contributed by atoms with Gasteiger partial charge in [0.1, 0.15) is 17.7 Å². The first-order valence-corrected chi connectivity index (χ1v) is 12.5. The van der Waals surface area contributed by atoms with Crippen LogP contribution in [0, 0.1) is 5.92 Å². The number of piperidine rings is 1. The SMILES string of the molecule is CC(C)COc1ccc(Cl)cc1Cc1nc(-c2nc3ccc(CN4CCCCC4)cc3[nH]2)co1.Cl. The smallest absolute Gasteiger partial charge is 0.199 e. The zero-order valence-electron chi connectivity index (χ0n) is 20.2. The Bertz CT molecular complexity index is 1260. The molecule has 6 nitrogen and oxygen atoms in total. The largest absolute Gasteiger partial charge is 0.493 e. The molecule has 186 valence electrons. The Balaban J connectivity index is 0.00000289. The van der Waals surface area contributed by atoms with Crippen molar-refractivity contribution >= 4 is 35.0 Å². The highest BCUT2D eigenvalue weighted by molar-refractivity contribution is 6.30. The summed E-state index contributed by atoms with van der Waals surface area (Å²) in [5, 5.41) is 0.663. The van der Waals surface area contributed by atoms with Gasteiger partial charge in [0.15, 0.2) is 11.7 Å². The Morgan fingerprint density at radius 3 is 2.71 bits per heavy atom. The molecule has 2 aromatic carbocycles. The Hall–Kier alpha value is -2.54. The van der Waals surface area contributed by atoms with Gasteiger partial charge in [0.05, 0.1) is 24.1 Å². The van der Waals surface area contributed by atoms with Crippen molar-refractivity contribution in [1.82, 2.24) is 19.9 Å². The average molecular weight is 515 g/mol. The van der Waals surface area contributed by atoms with Crippen LogP contribution in [0.5, 0.6) is 5.75 Å². The minimum absolute atomic E-state index is 0. The second kappa shape index (κ2) is 11.5. The highest BCUT2D eigenvalue weighted by Crippen LogP contribution is 2.27. The lowest BCUT2D eigenvalue weighted by Gasteiger charge is -2.26. The number of H-pyrrole nitrogens is 1. The maximum atomic E-state index is 6.24. The van der Waals surface area contributed by atoms with E-state index in [4.69, 9.17) is 25.7 Å². The van der Waals surface area contributed by atoms with Crippen LogP contribution < -0.4 is 4.74 Å². The number of fused-ring (bicyclic) bond motifs is 1. The number of aromatic amines is 1. The molecule has 8 heteroatoms. The molecule has 4 aromatic rings. The number of likely N-dealkylation sites (tertiary alicyclic amines) is 1. The Kier molecular flexibility index (Phi) is 8.37. The fourth-order valence-corrected chi connectivity index (χ4v) is 4.59. The predicted octanol–water partition coefficient (Wildman–Crippen LogP) is 6.90. The molecule has 0 aliphatic carbocycles. The van der Waals surface area contributed by atoms with Crippen molar-refractivity contribution in [2.24, 2.45) is 5.92 Å². The normalized spacial score (nSPS) is 14.4. The molecule has 1 aliphatic rings. The van der Waals surface area contributed by atoms with Gasteiger partial charge in [-0.1, -0.05) is 37.9 Å². The molecule has 0 spiro atoms. The van der Waals surface area contributed by atoms with E-state index in [1.165, 1.54) is 37.9 Å². The fourth-order valence-electron chi connectivity index (χ4n) is 4.40. The van der Waals surface area contributed by atoms with E-state index in [1.54, 1.807) is 6.26 Å². The molecule has 5 rings (SSSR count). The van der Waals surface area contributed by atoms with Gasteiger partial charge in [-0.25, -0.2) is 9.97 Å². The fraction of sp³-hybridized carbons (Fsp3) is 0.407. The summed E-state index contributed by atoms with van der Waals surface area (Å²) in [6.07, 6.45) is 6.09. The second-order valence-electron chi connectivity index (χ2n) is 9.53. The molecule has 0 amide bonds. The van der Waals surface area contributed by atoms with Crippen molar-refractivity contribution in [2.45, 2.75) is 46.1 Å². The number of hydrogen-bond donors (Lipinski definition) is 1. The van der Waals surface area contributed by atoms with E-state index in [-0.39, 0.29) is 12.4 Å². The highest BCUT2D eigenvalue weighted by Gasteiger charge is 2.15. The van der Waals surface area contributed by atoms with Gasteiger partial charge in [0.25, 0.3) is 0 Å². The van der Waals surface area contributed by atoms with Gasteiger partial charge in [0, 0.05) is 17.1 Å². The van der Waals surface area contributed by atoms with Crippen molar-refractivity contribution in [2.75, 3.05) is 19.7 Å². The standard InChI is InChI=1S/C27H31ClN4O2.ClH/c1-18(2)16-33-25-9-7-21(28)13-20(25)14-26-29-24(17-34-26)27-30-22-8-6-19(12-23(22)31-27)15-32-10-4-3-5-11-32;/h6-9,12-13,17-18H,3-5,10-11,14-16H2,1-2H3,(H,30,31);1H. The Morgan fingerprint density at radius 2 is 1.91 bits per heavy atom. The third-order valence-corrected chi connectivity index (χ3v) is 6.37. The van der Waals surface area contributed by atoms with Crippen molar-refractivity contribution < 1.29 is 9.15 Å². The molecule has 0 unspecified atom stereocenters. The third-order valence-electron chi connectivity index (χ3n) is 6.13. The van der Waals surface area contributed by atoms with Crippen LogP contribution in [0.3, 0.4) is 0 Å². The van der Waals surface area contributed by atoms with Gasteiger partial charge in [-0.15, -0.1) is 12.4 Å². The maximum Gasteiger partial charge on any atom is 0.199 e. The van der Waals surface area contributed by atoms with Gasteiger partial charge in [0.2, 0.25) is 0 Å². The number of halogens is 2. The molecular formula is C27H32Cl2N4O2. The first kappa shape index (κ1) is 25.5. The van der Waals surface area contributed by atoms with Crippen LogP contribution in [0.4, 0.5) is 0 Å². The predicted molar refractivity (Wildman–Crippen MR) is 143 cm³/mol.